The molecule has 8 nitrogen and oxygen atoms in total. The zero-order valence-corrected chi connectivity index (χ0v) is 16.9. The van der Waals surface area contributed by atoms with Gasteiger partial charge in [-0.3, -0.25) is 14.2 Å². The van der Waals surface area contributed by atoms with Gasteiger partial charge in [0.1, 0.15) is 5.75 Å². The molecule has 2 N–H and O–H groups in total. The molecular weight excluding hydrogens is 408 g/mol. The maximum Gasteiger partial charge on any atom is 0.387 e. The molecule has 0 saturated carbocycles. The lowest BCUT2D eigenvalue weighted by Crippen LogP contribution is -2.15. The summed E-state index contributed by atoms with van der Waals surface area (Å²) >= 11 is 0. The zero-order valence-electron chi connectivity index (χ0n) is 16.9. The first-order valence-electron chi connectivity index (χ1n) is 9.72. The van der Waals surface area contributed by atoms with Gasteiger partial charge >= 0.3 is 6.61 Å². The van der Waals surface area contributed by atoms with Crippen LogP contribution in [0.5, 0.6) is 11.6 Å². The van der Waals surface area contributed by atoms with Crippen LogP contribution < -0.4 is 4.74 Å². The lowest BCUT2D eigenvalue weighted by Gasteiger charge is -2.07. The van der Waals surface area contributed by atoms with E-state index in [0.29, 0.717) is 40.9 Å². The van der Waals surface area contributed by atoms with Crippen LogP contribution in [0.15, 0.2) is 42.9 Å². The Morgan fingerprint density at radius 2 is 2.00 bits per heavy atom. The van der Waals surface area contributed by atoms with Crippen LogP contribution in [0.25, 0.3) is 28.0 Å². The fourth-order valence-electron chi connectivity index (χ4n) is 3.39. The third kappa shape index (κ3) is 4.19. The van der Waals surface area contributed by atoms with Crippen LogP contribution in [0.2, 0.25) is 0 Å². The van der Waals surface area contributed by atoms with Crippen molar-refractivity contribution in [3.8, 4) is 28.7 Å². The van der Waals surface area contributed by atoms with Crippen LogP contribution in [-0.2, 0) is 13.0 Å². The second kappa shape index (κ2) is 8.31. The maximum absolute atomic E-state index is 12.5. The molecule has 162 valence electrons. The first-order chi connectivity index (χ1) is 14.9. The Morgan fingerprint density at radius 1 is 1.19 bits per heavy atom. The number of aromatic hydroxyl groups is 1. The summed E-state index contributed by atoms with van der Waals surface area (Å²) in [5, 5.41) is 25.4. The van der Waals surface area contributed by atoms with E-state index < -0.39 is 12.7 Å². The van der Waals surface area contributed by atoms with Gasteiger partial charge < -0.3 is 14.9 Å². The topological polar surface area (TPSA) is 98.2 Å². The van der Waals surface area contributed by atoms with Gasteiger partial charge in [0.25, 0.3) is 0 Å². The largest absolute Gasteiger partial charge is 0.494 e. The van der Waals surface area contributed by atoms with Crippen molar-refractivity contribution in [2.75, 3.05) is 0 Å². The second-order valence-electron chi connectivity index (χ2n) is 7.12. The van der Waals surface area contributed by atoms with Crippen LogP contribution >= 0.6 is 0 Å². The van der Waals surface area contributed by atoms with Gasteiger partial charge in [0, 0.05) is 29.7 Å². The Balaban J connectivity index is 1.73. The minimum atomic E-state index is -2.94. The van der Waals surface area contributed by atoms with Gasteiger partial charge in [0.05, 0.1) is 35.4 Å². The van der Waals surface area contributed by atoms with Gasteiger partial charge in [-0.1, -0.05) is 6.92 Å². The summed E-state index contributed by atoms with van der Waals surface area (Å²) in [6, 6.07) is 6.63. The molecule has 0 aliphatic rings. The molecule has 1 atom stereocenters. The number of ether oxygens (including phenoxy) is 1. The normalized spacial score (nSPS) is 12.6. The predicted octanol–water partition coefficient (Wildman–Crippen LogP) is 3.53. The molecule has 4 heterocycles. The zero-order chi connectivity index (χ0) is 22.1. The smallest absolute Gasteiger partial charge is 0.387 e. The number of hydrogen-bond acceptors (Lipinski definition) is 6. The number of aromatic nitrogens is 5. The van der Waals surface area contributed by atoms with Crippen LogP contribution in [0.4, 0.5) is 8.78 Å². The molecule has 0 amide bonds. The summed E-state index contributed by atoms with van der Waals surface area (Å²) in [5.74, 6) is 0.417. The predicted molar refractivity (Wildman–Crippen MR) is 109 cm³/mol. The molecule has 0 fully saturated rings. The minimum Gasteiger partial charge on any atom is -0.494 e. The van der Waals surface area contributed by atoms with E-state index in [1.54, 1.807) is 29.9 Å². The molecule has 0 spiro atoms. The lowest BCUT2D eigenvalue weighted by atomic mass is 10.1. The molecule has 31 heavy (non-hydrogen) atoms. The number of alkyl halides is 2. The van der Waals surface area contributed by atoms with Gasteiger partial charge in [0.2, 0.25) is 5.88 Å². The fourth-order valence-corrected chi connectivity index (χ4v) is 3.39. The Morgan fingerprint density at radius 3 is 2.71 bits per heavy atom. The molecule has 0 aliphatic carbocycles. The molecule has 4 aromatic rings. The van der Waals surface area contributed by atoms with Crippen LogP contribution in [0, 0.1) is 0 Å². The molecule has 0 radical (unpaired) electrons. The van der Waals surface area contributed by atoms with E-state index in [1.165, 1.54) is 23.0 Å². The van der Waals surface area contributed by atoms with E-state index in [1.807, 2.05) is 13.0 Å². The Labute approximate surface area is 176 Å². The van der Waals surface area contributed by atoms with E-state index in [4.69, 9.17) is 0 Å². The summed E-state index contributed by atoms with van der Waals surface area (Å²) in [7, 11) is 0. The SMILES string of the molecule is CCc1cc(-n2cc3nc(-c4cncc(OC(F)F)c4)ccc3c2O)nn1CC(C)O. The van der Waals surface area contributed by atoms with Gasteiger partial charge in [0.15, 0.2) is 5.82 Å². The molecule has 0 aliphatic heterocycles. The van der Waals surface area contributed by atoms with Crippen LogP contribution in [0.3, 0.4) is 0 Å². The molecule has 4 rings (SSSR count). The van der Waals surface area contributed by atoms with E-state index in [2.05, 4.69) is 19.8 Å². The summed E-state index contributed by atoms with van der Waals surface area (Å²) < 4.78 is 32.6. The summed E-state index contributed by atoms with van der Waals surface area (Å²) in [5.41, 5.74) is 2.41. The summed E-state index contributed by atoms with van der Waals surface area (Å²) in [4.78, 5) is 8.46. The van der Waals surface area contributed by atoms with Crippen molar-refractivity contribution < 1.29 is 23.7 Å². The number of aliphatic hydroxyl groups excluding tert-OH is 1. The number of halogens is 2. The van der Waals surface area contributed by atoms with Crippen molar-refractivity contribution in [1.82, 2.24) is 24.3 Å². The molecule has 1 unspecified atom stereocenters. The van der Waals surface area contributed by atoms with Crippen molar-refractivity contribution in [2.24, 2.45) is 0 Å². The first kappa shape index (κ1) is 20.7. The minimum absolute atomic E-state index is 0.0219. The number of nitrogens with zero attached hydrogens (tertiary/aromatic N) is 5. The number of rotatable bonds is 7. The lowest BCUT2D eigenvalue weighted by molar-refractivity contribution is -0.0500. The highest BCUT2D eigenvalue weighted by molar-refractivity contribution is 5.87. The molecule has 0 bridgehead atoms. The Bertz CT molecular complexity index is 1220. The fraction of sp³-hybridized carbons (Fsp3) is 0.286. The van der Waals surface area contributed by atoms with Crippen molar-refractivity contribution in [2.45, 2.75) is 39.5 Å². The van der Waals surface area contributed by atoms with E-state index in [0.717, 1.165) is 5.69 Å². The Kier molecular flexibility index (Phi) is 5.55. The highest BCUT2D eigenvalue weighted by Crippen LogP contribution is 2.31. The van der Waals surface area contributed by atoms with Crippen LogP contribution in [-0.4, -0.2) is 47.2 Å². The number of aliphatic hydroxyl groups is 1. The molecule has 0 aromatic carbocycles. The second-order valence-corrected chi connectivity index (χ2v) is 7.12. The van der Waals surface area contributed by atoms with Crippen molar-refractivity contribution in [3.63, 3.8) is 0 Å². The quantitative estimate of drug-likeness (QED) is 0.466. The molecule has 4 aromatic heterocycles. The molecule has 0 saturated heterocycles. The van der Waals surface area contributed by atoms with Gasteiger partial charge in [-0.2, -0.15) is 13.9 Å². The standard InChI is InChI=1S/C21H21F2N5O3/c1-3-14-7-19(26-28(14)10-12(2)29)27-11-18-16(20(27)30)4-5-17(25-18)13-6-15(9-24-8-13)31-21(22)23/h4-9,11-12,21,29-30H,3,10H2,1-2H3. The monoisotopic (exact) mass is 429 g/mol. The van der Waals surface area contributed by atoms with E-state index in [9.17, 15) is 19.0 Å². The average molecular weight is 429 g/mol. The van der Waals surface area contributed by atoms with E-state index >= 15 is 0 Å². The summed E-state index contributed by atoms with van der Waals surface area (Å²) in [6.07, 6.45) is 4.50. The molecular formula is C21H21F2N5O3. The van der Waals surface area contributed by atoms with Gasteiger partial charge in [-0.25, -0.2) is 4.98 Å². The highest BCUT2D eigenvalue weighted by Gasteiger charge is 2.17. The highest BCUT2D eigenvalue weighted by atomic mass is 19.3. The molecule has 10 heteroatoms. The van der Waals surface area contributed by atoms with Gasteiger partial charge in [-0.05, 0) is 31.5 Å². The first-order valence-corrected chi connectivity index (χ1v) is 9.72. The number of pyridine rings is 2. The van der Waals surface area contributed by atoms with Crippen LogP contribution in [0.1, 0.15) is 19.5 Å². The number of fused-ring (bicyclic) bond motifs is 1. The maximum atomic E-state index is 12.5. The number of hydrogen-bond donors (Lipinski definition) is 2. The Hall–Kier alpha value is -3.53. The van der Waals surface area contributed by atoms with E-state index in [-0.39, 0.29) is 11.6 Å². The van der Waals surface area contributed by atoms with Gasteiger partial charge in [-0.15, -0.1) is 0 Å². The third-order valence-corrected chi connectivity index (χ3v) is 4.78. The van der Waals surface area contributed by atoms with Crippen molar-refractivity contribution in [1.29, 1.82) is 0 Å². The third-order valence-electron chi connectivity index (χ3n) is 4.78. The summed E-state index contributed by atoms with van der Waals surface area (Å²) in [6.45, 7) is 1.07. The van der Waals surface area contributed by atoms with Crippen molar-refractivity contribution in [3.05, 3.63) is 48.5 Å². The van der Waals surface area contributed by atoms with Crippen molar-refractivity contribution >= 4 is 10.9 Å². The average Bonchev–Trinajstić information content (AvgIpc) is 3.27. The number of aryl methyl sites for hydroxylation is 1.